The van der Waals surface area contributed by atoms with Crippen molar-refractivity contribution in [2.45, 2.75) is 13.0 Å². The first-order valence-electron chi connectivity index (χ1n) is 11.3. The molecule has 37 heavy (non-hydrogen) atoms. The van der Waals surface area contributed by atoms with Crippen molar-refractivity contribution in [3.8, 4) is 29.1 Å². The first-order valence-corrected chi connectivity index (χ1v) is 11.3. The lowest BCUT2D eigenvalue weighted by Crippen LogP contribution is -2.29. The first-order chi connectivity index (χ1) is 17.9. The Balaban J connectivity index is 2.02. The van der Waals surface area contributed by atoms with Crippen LogP contribution in [0.2, 0.25) is 0 Å². The third-order valence-corrected chi connectivity index (χ3v) is 5.98. The van der Waals surface area contributed by atoms with Crippen LogP contribution in [0.15, 0.2) is 66.2 Å². The number of hydrogen-bond acceptors (Lipinski definition) is 8. The molecule has 1 aliphatic heterocycles. The summed E-state index contributed by atoms with van der Waals surface area (Å²) < 4.78 is 16.3. The van der Waals surface area contributed by atoms with Gasteiger partial charge in [0, 0.05) is 5.69 Å². The number of hydrogen-bond donors (Lipinski definition) is 2. The van der Waals surface area contributed by atoms with Gasteiger partial charge in [0.25, 0.3) is 11.7 Å². The minimum atomic E-state index is -1.10. The van der Waals surface area contributed by atoms with Gasteiger partial charge in [0.1, 0.15) is 22.8 Å². The predicted octanol–water partition coefficient (Wildman–Crippen LogP) is 4.31. The number of Topliss-reactive ketones (excluding diaryl/α,β-unsaturated/α-hetero) is 1. The predicted molar refractivity (Wildman–Crippen MR) is 135 cm³/mol. The van der Waals surface area contributed by atoms with Gasteiger partial charge in [-0.1, -0.05) is 12.1 Å². The van der Waals surface area contributed by atoms with Gasteiger partial charge in [-0.25, -0.2) is 0 Å². The summed E-state index contributed by atoms with van der Waals surface area (Å²) in [6, 6.07) is 16.4. The highest BCUT2D eigenvalue weighted by Gasteiger charge is 2.47. The molecule has 188 valence electrons. The second-order valence-corrected chi connectivity index (χ2v) is 8.03. The fraction of sp³-hybridized carbons (Fsp3) is 0.179. The molecule has 1 heterocycles. The zero-order chi connectivity index (χ0) is 26.7. The van der Waals surface area contributed by atoms with E-state index in [-0.39, 0.29) is 40.7 Å². The van der Waals surface area contributed by atoms with Crippen molar-refractivity contribution < 1.29 is 34.0 Å². The maximum absolute atomic E-state index is 13.5. The quantitative estimate of drug-likeness (QED) is 0.279. The number of aromatic hydroxyl groups is 1. The van der Waals surface area contributed by atoms with Crippen molar-refractivity contribution in [1.82, 2.24) is 0 Å². The van der Waals surface area contributed by atoms with Crippen molar-refractivity contribution in [2.24, 2.45) is 0 Å². The van der Waals surface area contributed by atoms with Gasteiger partial charge in [-0.2, -0.15) is 5.26 Å². The Bertz CT molecular complexity index is 1420. The maximum Gasteiger partial charge on any atom is 0.300 e. The van der Waals surface area contributed by atoms with Gasteiger partial charge in [-0.15, -0.1) is 0 Å². The molecule has 1 atom stereocenters. The SMILES string of the molecule is CCOc1cc(C2/C(=C(\O)c3c(OC)cccc3OC)C(=O)C(=O)N2c2ccc(C#N)cc2)ccc1O. The molecule has 0 saturated carbocycles. The fourth-order valence-electron chi connectivity index (χ4n) is 4.30. The normalized spacial score (nSPS) is 16.4. The summed E-state index contributed by atoms with van der Waals surface area (Å²) in [4.78, 5) is 28.1. The number of rotatable bonds is 7. The number of methoxy groups -OCH3 is 2. The van der Waals surface area contributed by atoms with Crippen molar-refractivity contribution in [3.05, 3.63) is 82.9 Å². The minimum Gasteiger partial charge on any atom is -0.506 e. The Morgan fingerprint density at radius 3 is 2.22 bits per heavy atom. The second kappa shape index (κ2) is 10.3. The highest BCUT2D eigenvalue weighted by molar-refractivity contribution is 6.51. The third-order valence-electron chi connectivity index (χ3n) is 5.98. The van der Waals surface area contributed by atoms with Crippen LogP contribution in [0.3, 0.4) is 0 Å². The minimum absolute atomic E-state index is 0.110. The molecular weight excluding hydrogens is 476 g/mol. The molecule has 0 aliphatic carbocycles. The third kappa shape index (κ3) is 4.41. The molecule has 0 spiro atoms. The highest BCUT2D eigenvalue weighted by Crippen LogP contribution is 2.46. The van der Waals surface area contributed by atoms with E-state index in [1.165, 1.54) is 49.5 Å². The molecule has 1 aliphatic rings. The van der Waals surface area contributed by atoms with Crippen LogP contribution in [-0.4, -0.2) is 42.7 Å². The number of ketones is 1. The topological polar surface area (TPSA) is 129 Å². The Hall–Kier alpha value is -4.97. The van der Waals surface area contributed by atoms with Crippen LogP contribution in [0.4, 0.5) is 5.69 Å². The Kier molecular flexibility index (Phi) is 7.02. The van der Waals surface area contributed by atoms with E-state index >= 15 is 0 Å². The summed E-state index contributed by atoms with van der Waals surface area (Å²) >= 11 is 0. The largest absolute Gasteiger partial charge is 0.506 e. The molecule has 1 unspecified atom stereocenters. The van der Waals surface area contributed by atoms with Gasteiger partial charge in [0.15, 0.2) is 11.5 Å². The van der Waals surface area contributed by atoms with E-state index in [1.807, 2.05) is 6.07 Å². The van der Waals surface area contributed by atoms with Crippen LogP contribution in [0.1, 0.15) is 29.7 Å². The molecule has 3 aromatic carbocycles. The van der Waals surface area contributed by atoms with E-state index in [9.17, 15) is 25.1 Å². The molecule has 2 N–H and O–H groups in total. The van der Waals surface area contributed by atoms with Crippen LogP contribution in [0.25, 0.3) is 5.76 Å². The number of nitriles is 1. The summed E-state index contributed by atoms with van der Waals surface area (Å²) in [6.07, 6.45) is 0. The monoisotopic (exact) mass is 500 g/mol. The summed E-state index contributed by atoms with van der Waals surface area (Å²) in [5, 5.41) is 31.0. The number of nitrogens with zero attached hydrogens (tertiary/aromatic N) is 2. The van der Waals surface area contributed by atoms with Gasteiger partial charge >= 0.3 is 0 Å². The summed E-state index contributed by atoms with van der Waals surface area (Å²) in [7, 11) is 2.82. The van der Waals surface area contributed by atoms with E-state index in [0.29, 0.717) is 16.8 Å². The summed E-state index contributed by atoms with van der Waals surface area (Å²) in [5.74, 6) is -1.78. The van der Waals surface area contributed by atoms with Crippen LogP contribution in [-0.2, 0) is 9.59 Å². The van der Waals surface area contributed by atoms with Crippen molar-refractivity contribution in [2.75, 3.05) is 25.7 Å². The maximum atomic E-state index is 13.5. The Morgan fingerprint density at radius 1 is 1.00 bits per heavy atom. The molecule has 4 rings (SSSR count). The number of phenolic OH excluding ortho intramolecular Hbond substituents is 1. The fourth-order valence-corrected chi connectivity index (χ4v) is 4.30. The van der Waals surface area contributed by atoms with Crippen LogP contribution >= 0.6 is 0 Å². The standard InChI is InChI=1S/C28H24N2O7/c1-4-37-22-14-17(10-13-19(22)31)25-24(26(32)23-20(35-2)6-5-7-21(23)36-3)27(33)28(34)30(25)18-11-8-16(15-29)9-12-18/h5-14,25,31-32H,4H2,1-3H3/b26-24+. The van der Waals surface area contributed by atoms with E-state index in [4.69, 9.17) is 14.2 Å². The number of amides is 1. The number of ether oxygens (including phenoxy) is 3. The number of anilines is 1. The molecule has 0 aromatic heterocycles. The molecule has 0 radical (unpaired) electrons. The number of carbonyl (C=O) groups is 2. The zero-order valence-corrected chi connectivity index (χ0v) is 20.4. The molecule has 9 nitrogen and oxygen atoms in total. The van der Waals surface area contributed by atoms with Gasteiger partial charge in [0.2, 0.25) is 0 Å². The smallest absolute Gasteiger partial charge is 0.300 e. The van der Waals surface area contributed by atoms with E-state index in [0.717, 1.165) is 0 Å². The number of carbonyl (C=O) groups excluding carboxylic acids is 2. The number of aliphatic hydroxyl groups excluding tert-OH is 1. The van der Waals surface area contributed by atoms with E-state index < -0.39 is 23.5 Å². The number of benzene rings is 3. The summed E-state index contributed by atoms with van der Waals surface area (Å²) in [6.45, 7) is 2.02. The number of aliphatic hydroxyl groups is 1. The lowest BCUT2D eigenvalue weighted by Gasteiger charge is -2.26. The molecule has 3 aromatic rings. The second-order valence-electron chi connectivity index (χ2n) is 8.03. The van der Waals surface area contributed by atoms with Crippen molar-refractivity contribution >= 4 is 23.1 Å². The van der Waals surface area contributed by atoms with Crippen LogP contribution < -0.4 is 19.1 Å². The van der Waals surface area contributed by atoms with Gasteiger partial charge < -0.3 is 24.4 Å². The lowest BCUT2D eigenvalue weighted by atomic mass is 9.94. The molecule has 1 fully saturated rings. The Morgan fingerprint density at radius 2 is 1.65 bits per heavy atom. The van der Waals surface area contributed by atoms with Crippen molar-refractivity contribution in [3.63, 3.8) is 0 Å². The average Bonchev–Trinajstić information content (AvgIpc) is 3.19. The molecule has 0 bridgehead atoms. The summed E-state index contributed by atoms with van der Waals surface area (Å²) in [5.41, 5.74) is 1.02. The van der Waals surface area contributed by atoms with Crippen molar-refractivity contribution in [1.29, 1.82) is 5.26 Å². The van der Waals surface area contributed by atoms with Crippen LogP contribution in [0.5, 0.6) is 23.0 Å². The average molecular weight is 501 g/mol. The van der Waals surface area contributed by atoms with E-state index in [1.54, 1.807) is 37.3 Å². The first kappa shape index (κ1) is 25.1. The zero-order valence-electron chi connectivity index (χ0n) is 20.4. The molecule has 1 amide bonds. The van der Waals surface area contributed by atoms with Gasteiger partial charge in [-0.3, -0.25) is 14.5 Å². The van der Waals surface area contributed by atoms with Crippen LogP contribution in [0, 0.1) is 11.3 Å². The van der Waals surface area contributed by atoms with E-state index in [2.05, 4.69) is 0 Å². The van der Waals surface area contributed by atoms with Gasteiger partial charge in [-0.05, 0) is 61.0 Å². The lowest BCUT2D eigenvalue weighted by molar-refractivity contribution is -0.132. The van der Waals surface area contributed by atoms with Gasteiger partial charge in [0.05, 0.1) is 44.1 Å². The molecular formula is C28H24N2O7. The highest BCUT2D eigenvalue weighted by atomic mass is 16.5. The Labute approximate surface area is 213 Å². The molecule has 1 saturated heterocycles. The number of phenols is 1. The molecule has 9 heteroatoms.